The molecule has 0 aliphatic carbocycles. The van der Waals surface area contributed by atoms with E-state index in [2.05, 4.69) is 46.8 Å². The standard InChI is InChI=1S/C19H33N3O2/c1-7-20-18(22-14-19(4,5)23-6)21-12-16-9-8-10-17(11-16)13-24-15(2)3/h8-11,15H,7,12-14H2,1-6H3,(H2,20,21,22). The second-order valence-electron chi connectivity index (χ2n) is 6.69. The van der Waals surface area contributed by atoms with E-state index in [1.165, 1.54) is 11.1 Å². The van der Waals surface area contributed by atoms with Crippen molar-refractivity contribution >= 4 is 5.96 Å². The van der Waals surface area contributed by atoms with Gasteiger partial charge in [0.2, 0.25) is 0 Å². The highest BCUT2D eigenvalue weighted by atomic mass is 16.5. The van der Waals surface area contributed by atoms with Gasteiger partial charge in [-0.2, -0.15) is 0 Å². The number of hydrogen-bond donors (Lipinski definition) is 2. The van der Waals surface area contributed by atoms with Crippen LogP contribution >= 0.6 is 0 Å². The zero-order chi connectivity index (χ0) is 18.0. The molecule has 0 fully saturated rings. The predicted molar refractivity (Wildman–Crippen MR) is 100 cm³/mol. The van der Waals surface area contributed by atoms with Crippen LogP contribution in [0.25, 0.3) is 0 Å². The molecule has 0 bridgehead atoms. The largest absolute Gasteiger partial charge is 0.377 e. The van der Waals surface area contributed by atoms with Gasteiger partial charge in [0.25, 0.3) is 0 Å². The number of guanidine groups is 1. The summed E-state index contributed by atoms with van der Waals surface area (Å²) in [4.78, 5) is 4.66. The number of aliphatic imine (C=N–C) groups is 1. The molecule has 0 saturated carbocycles. The van der Waals surface area contributed by atoms with Gasteiger partial charge in [-0.25, -0.2) is 4.99 Å². The SMILES string of the molecule is CCNC(=NCc1cccc(COC(C)C)c1)NCC(C)(C)OC. The van der Waals surface area contributed by atoms with Gasteiger partial charge in [0.05, 0.1) is 24.9 Å². The normalized spacial score (nSPS) is 12.5. The zero-order valence-corrected chi connectivity index (χ0v) is 16.0. The maximum Gasteiger partial charge on any atom is 0.191 e. The average Bonchev–Trinajstić information content (AvgIpc) is 2.56. The molecule has 1 rings (SSSR count). The molecule has 136 valence electrons. The van der Waals surface area contributed by atoms with Gasteiger partial charge < -0.3 is 20.1 Å². The van der Waals surface area contributed by atoms with Gasteiger partial charge in [-0.15, -0.1) is 0 Å². The van der Waals surface area contributed by atoms with Crippen molar-refractivity contribution in [2.75, 3.05) is 20.2 Å². The third-order valence-electron chi connectivity index (χ3n) is 3.57. The van der Waals surface area contributed by atoms with E-state index >= 15 is 0 Å². The second-order valence-corrected chi connectivity index (χ2v) is 6.69. The fourth-order valence-electron chi connectivity index (χ4n) is 1.96. The van der Waals surface area contributed by atoms with Crippen LogP contribution in [0.2, 0.25) is 0 Å². The highest BCUT2D eigenvalue weighted by Gasteiger charge is 2.16. The van der Waals surface area contributed by atoms with Crippen molar-refractivity contribution in [1.29, 1.82) is 0 Å². The highest BCUT2D eigenvalue weighted by molar-refractivity contribution is 5.79. The lowest BCUT2D eigenvalue weighted by atomic mass is 10.1. The van der Waals surface area contributed by atoms with Gasteiger partial charge in [-0.1, -0.05) is 24.3 Å². The molecule has 2 N–H and O–H groups in total. The molecule has 0 atom stereocenters. The lowest BCUT2D eigenvalue weighted by Gasteiger charge is -2.24. The molecule has 24 heavy (non-hydrogen) atoms. The van der Waals surface area contributed by atoms with Crippen LogP contribution in [-0.2, 0) is 22.6 Å². The van der Waals surface area contributed by atoms with Crippen LogP contribution in [0.3, 0.4) is 0 Å². The van der Waals surface area contributed by atoms with E-state index in [4.69, 9.17) is 9.47 Å². The van der Waals surface area contributed by atoms with Gasteiger partial charge in [-0.05, 0) is 45.7 Å². The monoisotopic (exact) mass is 335 g/mol. The third kappa shape index (κ3) is 8.31. The second kappa shape index (κ2) is 10.3. The van der Waals surface area contributed by atoms with Gasteiger partial charge in [0.15, 0.2) is 5.96 Å². The first kappa shape index (κ1) is 20.5. The maximum atomic E-state index is 5.66. The summed E-state index contributed by atoms with van der Waals surface area (Å²) in [5.41, 5.74) is 2.11. The summed E-state index contributed by atoms with van der Waals surface area (Å²) in [6.07, 6.45) is 0.236. The summed E-state index contributed by atoms with van der Waals surface area (Å²) in [6.45, 7) is 13.0. The number of nitrogens with one attached hydrogen (secondary N) is 2. The Kier molecular flexibility index (Phi) is 8.79. The summed E-state index contributed by atoms with van der Waals surface area (Å²) < 4.78 is 11.1. The maximum absolute atomic E-state index is 5.66. The van der Waals surface area contributed by atoms with Crippen LogP contribution in [0, 0.1) is 0 Å². The first-order valence-electron chi connectivity index (χ1n) is 8.63. The lowest BCUT2D eigenvalue weighted by molar-refractivity contribution is 0.0268. The molecule has 0 unspecified atom stereocenters. The van der Waals surface area contributed by atoms with E-state index < -0.39 is 0 Å². The molecular weight excluding hydrogens is 302 g/mol. The molecule has 0 aliphatic heterocycles. The van der Waals surface area contributed by atoms with Crippen molar-refractivity contribution in [2.45, 2.75) is 59.5 Å². The number of methoxy groups -OCH3 is 1. The first-order chi connectivity index (χ1) is 11.4. The molecule has 1 aromatic carbocycles. The minimum atomic E-state index is -0.232. The highest BCUT2D eigenvalue weighted by Crippen LogP contribution is 2.09. The smallest absolute Gasteiger partial charge is 0.191 e. The topological polar surface area (TPSA) is 54.9 Å². The fraction of sp³-hybridized carbons (Fsp3) is 0.632. The number of rotatable bonds is 9. The molecule has 0 aromatic heterocycles. The third-order valence-corrected chi connectivity index (χ3v) is 3.57. The van der Waals surface area contributed by atoms with Crippen molar-refractivity contribution in [3.63, 3.8) is 0 Å². The molecule has 0 heterocycles. The fourth-order valence-corrected chi connectivity index (χ4v) is 1.96. The Balaban J connectivity index is 2.66. The molecular formula is C19H33N3O2. The van der Waals surface area contributed by atoms with Gasteiger partial charge >= 0.3 is 0 Å². The Hall–Kier alpha value is -1.59. The summed E-state index contributed by atoms with van der Waals surface area (Å²) >= 11 is 0. The van der Waals surface area contributed by atoms with Crippen molar-refractivity contribution in [1.82, 2.24) is 10.6 Å². The molecule has 5 nitrogen and oxygen atoms in total. The molecule has 0 saturated heterocycles. The van der Waals surface area contributed by atoms with E-state index in [1.54, 1.807) is 7.11 Å². The summed E-state index contributed by atoms with van der Waals surface area (Å²) in [5.74, 6) is 0.798. The molecule has 0 spiro atoms. The summed E-state index contributed by atoms with van der Waals surface area (Å²) in [6, 6.07) is 8.37. The van der Waals surface area contributed by atoms with Gasteiger partial charge in [0, 0.05) is 20.2 Å². The van der Waals surface area contributed by atoms with Crippen molar-refractivity contribution in [3.05, 3.63) is 35.4 Å². The van der Waals surface area contributed by atoms with Crippen LogP contribution < -0.4 is 10.6 Å². The number of hydrogen-bond acceptors (Lipinski definition) is 3. The molecule has 0 amide bonds. The van der Waals surface area contributed by atoms with Crippen molar-refractivity contribution in [2.24, 2.45) is 4.99 Å². The molecule has 1 aromatic rings. The zero-order valence-electron chi connectivity index (χ0n) is 16.0. The lowest BCUT2D eigenvalue weighted by Crippen LogP contribution is -2.45. The van der Waals surface area contributed by atoms with Gasteiger partial charge in [0.1, 0.15) is 0 Å². The van der Waals surface area contributed by atoms with Crippen molar-refractivity contribution in [3.8, 4) is 0 Å². The Labute approximate surface area is 146 Å². The number of nitrogens with zero attached hydrogens (tertiary/aromatic N) is 1. The Morgan fingerprint density at radius 1 is 1.21 bits per heavy atom. The minimum absolute atomic E-state index is 0.232. The first-order valence-corrected chi connectivity index (χ1v) is 8.63. The van der Waals surface area contributed by atoms with E-state index in [9.17, 15) is 0 Å². The summed E-state index contributed by atoms with van der Waals surface area (Å²) in [5, 5.41) is 6.59. The number of benzene rings is 1. The Morgan fingerprint density at radius 3 is 2.54 bits per heavy atom. The predicted octanol–water partition coefficient (Wildman–Crippen LogP) is 3.09. The quantitative estimate of drug-likeness (QED) is 0.538. The minimum Gasteiger partial charge on any atom is -0.377 e. The van der Waals surface area contributed by atoms with Crippen molar-refractivity contribution < 1.29 is 9.47 Å². The summed E-state index contributed by atoms with van der Waals surface area (Å²) in [7, 11) is 1.72. The van der Waals surface area contributed by atoms with E-state index in [0.29, 0.717) is 19.7 Å². The van der Waals surface area contributed by atoms with E-state index in [0.717, 1.165) is 12.5 Å². The van der Waals surface area contributed by atoms with Crippen LogP contribution in [0.5, 0.6) is 0 Å². The molecule has 0 radical (unpaired) electrons. The molecule has 0 aliphatic rings. The van der Waals surface area contributed by atoms with Crippen LogP contribution in [0.1, 0.15) is 45.7 Å². The van der Waals surface area contributed by atoms with Gasteiger partial charge in [-0.3, -0.25) is 0 Å². The number of ether oxygens (including phenoxy) is 2. The molecule has 5 heteroatoms. The Bertz CT molecular complexity index is 513. The van der Waals surface area contributed by atoms with E-state index in [-0.39, 0.29) is 11.7 Å². The van der Waals surface area contributed by atoms with Crippen LogP contribution in [0.4, 0.5) is 0 Å². The average molecular weight is 335 g/mol. The Morgan fingerprint density at radius 2 is 1.92 bits per heavy atom. The van der Waals surface area contributed by atoms with Crippen LogP contribution in [-0.4, -0.2) is 37.9 Å². The van der Waals surface area contributed by atoms with Crippen LogP contribution in [0.15, 0.2) is 29.3 Å². The van der Waals surface area contributed by atoms with E-state index in [1.807, 2.05) is 27.7 Å².